The number of pyridine rings is 2. The number of rotatable bonds is 6. The molecule has 1 saturated heterocycles. The standard InChI is InChI=1S/C39H46FN7O6/c1-37(2,3)52-35(49)44(7)16-17-45-23-39(13-18-51-19-14-39)27-9-11-30(43-33(27)45)42-28-10-8-25(29-21-41-31-20-24(40)12-15-46(29)31)26-22-47(34(48)32(26)28)36(50)53-38(4,5)6/h8-12,15,20-21H,13-14,16-19,22-23H2,1-7H3,(H,42,43). The molecule has 1 fully saturated rings. The lowest BCUT2D eigenvalue weighted by molar-refractivity contribution is 0.0245. The van der Waals surface area contributed by atoms with Gasteiger partial charge in [0, 0.05) is 68.7 Å². The Hall–Kier alpha value is -5.24. The summed E-state index contributed by atoms with van der Waals surface area (Å²) in [4.78, 5) is 54.6. The number of benzene rings is 1. The SMILES string of the molecule is CN(CCN1CC2(CCOCC2)c2ccc(Nc3ccc(-c4cnc5cc(F)ccn45)c4c3C(=O)N(C(=O)OC(C)(C)C)C4)nc21)C(=O)OC(C)(C)C. The predicted octanol–water partition coefficient (Wildman–Crippen LogP) is 6.91. The Morgan fingerprint density at radius 1 is 1.04 bits per heavy atom. The number of hydrogen-bond donors (Lipinski definition) is 1. The molecule has 0 atom stereocenters. The Bertz CT molecular complexity index is 2100. The highest BCUT2D eigenvalue weighted by molar-refractivity contribution is 6.11. The van der Waals surface area contributed by atoms with Crippen molar-refractivity contribution < 1.29 is 33.0 Å². The number of halogens is 1. The number of likely N-dealkylation sites (N-methyl/N-ethyl adjacent to an activating group) is 1. The average molecular weight is 728 g/mol. The first-order chi connectivity index (χ1) is 25.0. The van der Waals surface area contributed by atoms with E-state index in [0.29, 0.717) is 65.8 Å². The third kappa shape index (κ3) is 7.11. The molecule has 1 spiro atoms. The van der Waals surface area contributed by atoms with Crippen LogP contribution in [0.1, 0.15) is 75.9 Å². The monoisotopic (exact) mass is 727 g/mol. The van der Waals surface area contributed by atoms with Crippen molar-refractivity contribution in [1.29, 1.82) is 0 Å². The number of ether oxygens (including phenoxy) is 3. The highest BCUT2D eigenvalue weighted by Gasteiger charge is 2.45. The number of nitrogens with zero attached hydrogens (tertiary/aromatic N) is 6. The number of imide groups is 1. The number of aromatic nitrogens is 3. The fourth-order valence-electron chi connectivity index (χ4n) is 7.30. The lowest BCUT2D eigenvalue weighted by atomic mass is 9.76. The molecule has 0 aliphatic carbocycles. The summed E-state index contributed by atoms with van der Waals surface area (Å²) in [6, 6.07) is 10.3. The molecular weight excluding hydrogens is 681 g/mol. The lowest BCUT2D eigenvalue weighted by Crippen LogP contribution is -2.42. The van der Waals surface area contributed by atoms with E-state index in [0.717, 1.165) is 35.7 Å². The van der Waals surface area contributed by atoms with Gasteiger partial charge in [0.2, 0.25) is 0 Å². The fraction of sp³-hybridized carbons (Fsp3) is 0.462. The van der Waals surface area contributed by atoms with Gasteiger partial charge >= 0.3 is 12.2 Å². The van der Waals surface area contributed by atoms with Crippen LogP contribution in [0.4, 0.5) is 31.3 Å². The van der Waals surface area contributed by atoms with Gasteiger partial charge in [-0.15, -0.1) is 0 Å². The molecule has 1 aromatic carbocycles. The van der Waals surface area contributed by atoms with Crippen LogP contribution in [0, 0.1) is 5.82 Å². The van der Waals surface area contributed by atoms with Crippen molar-refractivity contribution in [2.45, 2.75) is 77.5 Å². The van der Waals surface area contributed by atoms with Crippen molar-refractivity contribution in [1.82, 2.24) is 24.2 Å². The summed E-state index contributed by atoms with van der Waals surface area (Å²) < 4.78 is 32.7. The highest BCUT2D eigenvalue weighted by atomic mass is 19.1. The molecule has 280 valence electrons. The van der Waals surface area contributed by atoms with E-state index >= 15 is 0 Å². The van der Waals surface area contributed by atoms with E-state index in [2.05, 4.69) is 21.3 Å². The van der Waals surface area contributed by atoms with Crippen molar-refractivity contribution in [2.24, 2.45) is 0 Å². The second-order valence-corrected chi connectivity index (χ2v) is 16.0. The van der Waals surface area contributed by atoms with Gasteiger partial charge in [0.05, 0.1) is 29.7 Å². The van der Waals surface area contributed by atoms with Crippen LogP contribution in [0.5, 0.6) is 0 Å². The Morgan fingerprint density at radius 3 is 2.49 bits per heavy atom. The number of hydrogen-bond acceptors (Lipinski definition) is 10. The summed E-state index contributed by atoms with van der Waals surface area (Å²) in [6.07, 6.45) is 3.78. The van der Waals surface area contributed by atoms with Crippen molar-refractivity contribution in [3.63, 3.8) is 0 Å². The largest absolute Gasteiger partial charge is 0.444 e. The Labute approximate surface area is 308 Å². The second-order valence-electron chi connectivity index (χ2n) is 16.0. The van der Waals surface area contributed by atoms with Crippen molar-refractivity contribution in [3.05, 3.63) is 71.3 Å². The molecule has 3 aliphatic heterocycles. The molecule has 0 unspecified atom stereocenters. The third-order valence-electron chi connectivity index (χ3n) is 9.82. The molecule has 0 saturated carbocycles. The van der Waals surface area contributed by atoms with Crippen LogP contribution < -0.4 is 10.2 Å². The van der Waals surface area contributed by atoms with E-state index in [-0.39, 0.29) is 18.1 Å². The van der Waals surface area contributed by atoms with Crippen LogP contribution in [0.15, 0.2) is 48.8 Å². The molecule has 53 heavy (non-hydrogen) atoms. The number of nitrogens with one attached hydrogen (secondary N) is 1. The summed E-state index contributed by atoms with van der Waals surface area (Å²) in [5.41, 5.74) is 2.70. The predicted molar refractivity (Wildman–Crippen MR) is 197 cm³/mol. The number of anilines is 3. The molecule has 1 N–H and O–H groups in total. The van der Waals surface area contributed by atoms with Crippen molar-refractivity contribution in [3.8, 4) is 11.3 Å². The minimum absolute atomic E-state index is 0.0243. The Morgan fingerprint density at radius 2 is 1.77 bits per heavy atom. The molecule has 4 aromatic rings. The maximum Gasteiger partial charge on any atom is 0.417 e. The van der Waals surface area contributed by atoms with E-state index in [1.54, 1.807) is 55.6 Å². The quantitative estimate of drug-likeness (QED) is 0.224. The Balaban J connectivity index is 1.23. The third-order valence-corrected chi connectivity index (χ3v) is 9.82. The maximum absolute atomic E-state index is 14.1. The average Bonchev–Trinajstić information content (AvgIpc) is 3.74. The fourth-order valence-corrected chi connectivity index (χ4v) is 7.30. The van der Waals surface area contributed by atoms with Gasteiger partial charge in [-0.3, -0.25) is 9.20 Å². The maximum atomic E-state index is 14.1. The first kappa shape index (κ1) is 36.1. The summed E-state index contributed by atoms with van der Waals surface area (Å²) in [7, 11) is 1.73. The van der Waals surface area contributed by atoms with E-state index in [1.165, 1.54) is 12.1 Å². The minimum Gasteiger partial charge on any atom is -0.444 e. The van der Waals surface area contributed by atoms with Gasteiger partial charge in [-0.25, -0.2) is 28.8 Å². The summed E-state index contributed by atoms with van der Waals surface area (Å²) in [6.45, 7) is 13.8. The molecule has 13 nitrogen and oxygen atoms in total. The van der Waals surface area contributed by atoms with Crippen molar-refractivity contribution >= 4 is 41.1 Å². The zero-order valence-electron chi connectivity index (χ0n) is 31.3. The van der Waals surface area contributed by atoms with E-state index in [1.807, 2.05) is 32.9 Å². The first-order valence-corrected chi connectivity index (χ1v) is 17.9. The number of imidazole rings is 1. The van der Waals surface area contributed by atoms with Gasteiger partial charge in [0.15, 0.2) is 0 Å². The zero-order valence-corrected chi connectivity index (χ0v) is 31.3. The molecule has 3 aliphatic rings. The van der Waals surface area contributed by atoms with Crippen LogP contribution in [0.2, 0.25) is 0 Å². The molecule has 6 heterocycles. The topological polar surface area (TPSA) is 131 Å². The van der Waals surface area contributed by atoms with Crippen LogP contribution in [-0.4, -0.2) is 93.4 Å². The Kier molecular flexibility index (Phi) is 9.08. The molecule has 3 aromatic heterocycles. The number of carbonyl (C=O) groups is 3. The summed E-state index contributed by atoms with van der Waals surface area (Å²) in [5.74, 6) is 0.404. The van der Waals surface area contributed by atoms with Gasteiger partial charge in [-0.2, -0.15) is 0 Å². The van der Waals surface area contributed by atoms with Gasteiger partial charge < -0.3 is 29.3 Å². The minimum atomic E-state index is -0.814. The first-order valence-electron chi connectivity index (χ1n) is 17.9. The number of carbonyl (C=O) groups excluding carboxylic acids is 3. The summed E-state index contributed by atoms with van der Waals surface area (Å²) >= 11 is 0. The molecular formula is C39H46FN7O6. The van der Waals surface area contributed by atoms with Gasteiger partial charge in [-0.05, 0) is 78.1 Å². The second kappa shape index (κ2) is 13.3. The van der Waals surface area contributed by atoms with E-state index in [9.17, 15) is 18.8 Å². The molecule has 0 bridgehead atoms. The number of amides is 3. The van der Waals surface area contributed by atoms with E-state index in [4.69, 9.17) is 19.2 Å². The van der Waals surface area contributed by atoms with Crippen LogP contribution >= 0.6 is 0 Å². The molecule has 3 amide bonds. The molecule has 0 radical (unpaired) electrons. The van der Waals surface area contributed by atoms with Crippen LogP contribution in [-0.2, 0) is 26.2 Å². The van der Waals surface area contributed by atoms with Gasteiger partial charge in [0.1, 0.15) is 34.3 Å². The number of fused-ring (bicyclic) bond motifs is 4. The molecule has 14 heteroatoms. The van der Waals surface area contributed by atoms with Crippen LogP contribution in [0.3, 0.4) is 0 Å². The van der Waals surface area contributed by atoms with Gasteiger partial charge in [0.25, 0.3) is 5.91 Å². The highest BCUT2D eigenvalue weighted by Crippen LogP contribution is 2.47. The lowest BCUT2D eigenvalue weighted by Gasteiger charge is -2.34. The zero-order chi connectivity index (χ0) is 37.9. The smallest absolute Gasteiger partial charge is 0.417 e. The molecule has 7 rings (SSSR count). The van der Waals surface area contributed by atoms with Gasteiger partial charge in [-0.1, -0.05) is 12.1 Å². The van der Waals surface area contributed by atoms with Crippen molar-refractivity contribution in [2.75, 3.05) is 50.1 Å². The van der Waals surface area contributed by atoms with Crippen LogP contribution in [0.25, 0.3) is 16.9 Å². The normalized spacial score (nSPS) is 16.6. The summed E-state index contributed by atoms with van der Waals surface area (Å²) in [5, 5.41) is 3.39. The van der Waals surface area contributed by atoms with E-state index < -0.39 is 29.0 Å².